The summed E-state index contributed by atoms with van der Waals surface area (Å²) in [4.78, 5) is 0. The molecule has 0 aromatic heterocycles. The van der Waals surface area contributed by atoms with E-state index in [2.05, 4.69) is 40.7 Å². The summed E-state index contributed by atoms with van der Waals surface area (Å²) in [6.45, 7) is 16.9. The van der Waals surface area contributed by atoms with Gasteiger partial charge in [-0.1, -0.05) is 38.5 Å². The molecule has 0 saturated heterocycles. The fraction of sp³-hybridized carbons (Fsp3) is 0.765. The zero-order valence-corrected chi connectivity index (χ0v) is 15.7. The summed E-state index contributed by atoms with van der Waals surface area (Å²) in [5, 5.41) is 9.81. The van der Waals surface area contributed by atoms with Gasteiger partial charge in [0.25, 0.3) is 0 Å². The van der Waals surface area contributed by atoms with Crippen LogP contribution in [0.2, 0.25) is 18.1 Å². The number of hydrogen-bond donors (Lipinski definition) is 1. The van der Waals surface area contributed by atoms with E-state index in [-0.39, 0.29) is 5.60 Å². The Labute approximate surface area is 127 Å². The third kappa shape index (κ3) is 5.94. The minimum atomic E-state index is -1.61. The molecule has 0 rings (SSSR count). The highest BCUT2D eigenvalue weighted by atomic mass is 28.4. The fourth-order valence-corrected chi connectivity index (χ4v) is 5.69. The molecule has 0 aliphatic rings. The maximum atomic E-state index is 9.81. The van der Waals surface area contributed by atoms with Crippen LogP contribution in [0.4, 0.5) is 0 Å². The van der Waals surface area contributed by atoms with Crippen molar-refractivity contribution in [3.05, 3.63) is 23.3 Å². The average molecular weight is 299 g/mol. The topological polar surface area (TPSA) is 29.5 Å². The lowest BCUT2D eigenvalue weighted by molar-refractivity contribution is 0.146. The highest BCUT2D eigenvalue weighted by Gasteiger charge is 2.34. The first-order valence-corrected chi connectivity index (χ1v) is 10.4. The summed E-state index contributed by atoms with van der Waals surface area (Å²) in [6.07, 6.45) is 3.70. The molecular formula is C17H34O2Si. The molecule has 1 unspecified atom stereocenters. The summed E-state index contributed by atoms with van der Waals surface area (Å²) in [7, 11) is -1.61. The van der Waals surface area contributed by atoms with Crippen LogP contribution in [-0.2, 0) is 4.43 Å². The standard InChI is InChI=1S/C17H34O2Si/c1-9-20(10-2,11-3)19-17(7,8)13-12-16(14(4)5)15(6)18/h12-13,15,18H,9-11H2,1-8H3/b13-12-. The predicted octanol–water partition coefficient (Wildman–Crippen LogP) is 5.06. The molecule has 1 atom stereocenters. The fourth-order valence-electron chi connectivity index (χ4n) is 2.57. The molecule has 0 saturated carbocycles. The van der Waals surface area contributed by atoms with E-state index in [1.54, 1.807) is 0 Å². The second-order valence-electron chi connectivity index (χ2n) is 6.41. The molecule has 0 aliphatic heterocycles. The van der Waals surface area contributed by atoms with Crippen molar-refractivity contribution in [3.63, 3.8) is 0 Å². The number of aliphatic hydroxyl groups excluding tert-OH is 1. The molecule has 0 bridgehead atoms. The number of aliphatic hydroxyl groups is 1. The summed E-state index contributed by atoms with van der Waals surface area (Å²) < 4.78 is 6.53. The van der Waals surface area contributed by atoms with Crippen molar-refractivity contribution >= 4 is 8.32 Å². The molecule has 20 heavy (non-hydrogen) atoms. The SMILES string of the molecule is CC[Si](CC)(CC)OC(C)(C)/C=C\C(=C(C)C)C(C)O. The minimum absolute atomic E-state index is 0.274. The molecule has 0 aromatic carbocycles. The van der Waals surface area contributed by atoms with Crippen LogP contribution in [0.1, 0.15) is 55.4 Å². The summed E-state index contributed by atoms with van der Waals surface area (Å²) >= 11 is 0. The van der Waals surface area contributed by atoms with Crippen molar-refractivity contribution in [1.82, 2.24) is 0 Å². The third-order valence-electron chi connectivity index (χ3n) is 4.10. The molecule has 0 aromatic rings. The molecule has 0 amide bonds. The van der Waals surface area contributed by atoms with Crippen molar-refractivity contribution in [1.29, 1.82) is 0 Å². The molecular weight excluding hydrogens is 264 g/mol. The monoisotopic (exact) mass is 298 g/mol. The molecule has 3 heteroatoms. The lowest BCUT2D eigenvalue weighted by Gasteiger charge is -2.36. The van der Waals surface area contributed by atoms with E-state index in [1.165, 1.54) is 0 Å². The van der Waals surface area contributed by atoms with Crippen LogP contribution in [0.5, 0.6) is 0 Å². The van der Waals surface area contributed by atoms with Gasteiger partial charge in [-0.25, -0.2) is 0 Å². The molecule has 2 nitrogen and oxygen atoms in total. The van der Waals surface area contributed by atoms with Gasteiger partial charge in [0.2, 0.25) is 0 Å². The Kier molecular flexibility index (Phi) is 8.00. The Balaban J connectivity index is 5.12. The maximum Gasteiger partial charge on any atom is 0.193 e. The first-order chi connectivity index (χ1) is 9.13. The van der Waals surface area contributed by atoms with E-state index < -0.39 is 14.4 Å². The van der Waals surface area contributed by atoms with E-state index in [9.17, 15) is 5.11 Å². The Morgan fingerprint density at radius 3 is 1.90 bits per heavy atom. The van der Waals surface area contributed by atoms with Crippen molar-refractivity contribution < 1.29 is 9.53 Å². The van der Waals surface area contributed by atoms with Crippen molar-refractivity contribution in [3.8, 4) is 0 Å². The zero-order valence-electron chi connectivity index (χ0n) is 14.7. The summed E-state index contributed by atoms with van der Waals surface area (Å²) in [5.74, 6) is 0. The summed E-state index contributed by atoms with van der Waals surface area (Å²) in [5.41, 5.74) is 1.86. The molecule has 0 fully saturated rings. The van der Waals surface area contributed by atoms with Gasteiger partial charge < -0.3 is 9.53 Å². The Hall–Kier alpha value is -0.383. The van der Waals surface area contributed by atoms with Gasteiger partial charge in [-0.05, 0) is 58.3 Å². The lowest BCUT2D eigenvalue weighted by atomic mass is 10.0. The average Bonchev–Trinajstić information content (AvgIpc) is 2.35. The lowest BCUT2D eigenvalue weighted by Crippen LogP contribution is -2.43. The quantitative estimate of drug-likeness (QED) is 0.501. The molecule has 1 N–H and O–H groups in total. The molecule has 0 aliphatic carbocycles. The molecule has 0 spiro atoms. The predicted molar refractivity (Wildman–Crippen MR) is 91.6 cm³/mol. The Bertz CT molecular complexity index is 338. The van der Waals surface area contributed by atoms with Gasteiger partial charge in [-0.15, -0.1) is 0 Å². The first kappa shape index (κ1) is 19.6. The second-order valence-corrected chi connectivity index (χ2v) is 11.1. The largest absolute Gasteiger partial charge is 0.409 e. The van der Waals surface area contributed by atoms with Crippen LogP contribution < -0.4 is 0 Å². The van der Waals surface area contributed by atoms with Crippen LogP contribution in [-0.4, -0.2) is 25.1 Å². The number of hydrogen-bond acceptors (Lipinski definition) is 2. The van der Waals surface area contributed by atoms with Crippen molar-refractivity contribution in [2.45, 2.75) is 85.2 Å². The van der Waals surface area contributed by atoms with E-state index >= 15 is 0 Å². The summed E-state index contributed by atoms with van der Waals surface area (Å²) in [6, 6.07) is 3.47. The van der Waals surface area contributed by atoms with Crippen LogP contribution in [0.3, 0.4) is 0 Å². The maximum absolute atomic E-state index is 9.81. The Morgan fingerprint density at radius 1 is 1.15 bits per heavy atom. The minimum Gasteiger partial charge on any atom is -0.409 e. The highest BCUT2D eigenvalue weighted by molar-refractivity contribution is 6.73. The van der Waals surface area contributed by atoms with Crippen LogP contribution in [0.15, 0.2) is 23.3 Å². The van der Waals surface area contributed by atoms with Crippen molar-refractivity contribution in [2.75, 3.05) is 0 Å². The number of rotatable bonds is 8. The van der Waals surface area contributed by atoms with Gasteiger partial charge in [0.15, 0.2) is 8.32 Å². The zero-order chi connectivity index (χ0) is 16.0. The van der Waals surface area contributed by atoms with E-state index in [1.807, 2.05) is 26.8 Å². The smallest absolute Gasteiger partial charge is 0.193 e. The van der Waals surface area contributed by atoms with E-state index in [4.69, 9.17) is 4.43 Å². The molecule has 0 heterocycles. The van der Waals surface area contributed by atoms with E-state index in [0.717, 1.165) is 29.3 Å². The first-order valence-electron chi connectivity index (χ1n) is 7.88. The van der Waals surface area contributed by atoms with Crippen LogP contribution in [0, 0.1) is 0 Å². The molecule has 0 radical (unpaired) electrons. The van der Waals surface area contributed by atoms with Gasteiger partial charge in [0.05, 0.1) is 11.7 Å². The Morgan fingerprint density at radius 2 is 1.60 bits per heavy atom. The molecule has 118 valence electrons. The van der Waals surface area contributed by atoms with Gasteiger partial charge in [0.1, 0.15) is 0 Å². The normalized spacial score (nSPS) is 14.7. The second kappa shape index (κ2) is 8.16. The van der Waals surface area contributed by atoms with Crippen LogP contribution >= 0.6 is 0 Å². The van der Waals surface area contributed by atoms with Crippen molar-refractivity contribution in [2.24, 2.45) is 0 Å². The van der Waals surface area contributed by atoms with E-state index in [0.29, 0.717) is 0 Å². The van der Waals surface area contributed by atoms with Gasteiger partial charge in [0, 0.05) is 0 Å². The van der Waals surface area contributed by atoms with Gasteiger partial charge in [-0.2, -0.15) is 0 Å². The third-order valence-corrected chi connectivity index (χ3v) is 8.93. The highest BCUT2D eigenvalue weighted by Crippen LogP contribution is 2.29. The number of allylic oxidation sites excluding steroid dienone is 1. The van der Waals surface area contributed by atoms with Gasteiger partial charge in [-0.3, -0.25) is 0 Å². The van der Waals surface area contributed by atoms with Gasteiger partial charge >= 0.3 is 0 Å². The van der Waals surface area contributed by atoms with Crippen LogP contribution in [0.25, 0.3) is 0 Å².